The number of amides is 1. The van der Waals surface area contributed by atoms with Crippen molar-refractivity contribution in [3.8, 4) is 0 Å². The molecule has 1 unspecified atom stereocenters. The summed E-state index contributed by atoms with van der Waals surface area (Å²) in [6, 6.07) is 6.98. The minimum atomic E-state index is -0.123. The highest BCUT2D eigenvalue weighted by atomic mass is 35.5. The third-order valence-corrected chi connectivity index (χ3v) is 2.72. The number of nitrogens with two attached hydrogens (primary N) is 1. The molecule has 0 aliphatic rings. The van der Waals surface area contributed by atoms with Gasteiger partial charge in [0.1, 0.15) is 0 Å². The molecule has 1 aromatic rings. The topological polar surface area (TPSA) is 55.1 Å². The van der Waals surface area contributed by atoms with Crippen molar-refractivity contribution in [2.45, 2.75) is 13.3 Å². The van der Waals surface area contributed by atoms with Gasteiger partial charge < -0.3 is 11.1 Å². The minimum absolute atomic E-state index is 0.103. The lowest BCUT2D eigenvalue weighted by Gasteiger charge is -2.09. The molecule has 0 saturated carbocycles. The average molecular weight is 257 g/mol. The first kappa shape index (κ1) is 12.9. The first-order chi connectivity index (χ1) is 7.49. The summed E-state index contributed by atoms with van der Waals surface area (Å²) in [7, 11) is 0. The van der Waals surface area contributed by atoms with Crippen molar-refractivity contribution >= 4 is 40.4 Å². The average Bonchev–Trinajstić information content (AvgIpc) is 2.16. The van der Waals surface area contributed by atoms with Gasteiger partial charge in [-0.15, -0.1) is 0 Å². The van der Waals surface area contributed by atoms with E-state index in [4.69, 9.17) is 29.6 Å². The fourth-order valence-electron chi connectivity index (χ4n) is 1.16. The van der Waals surface area contributed by atoms with Crippen LogP contribution < -0.4 is 11.1 Å². The van der Waals surface area contributed by atoms with Gasteiger partial charge in [0.2, 0.25) is 5.91 Å². The molecule has 1 rings (SSSR count). The Morgan fingerprint density at radius 2 is 2.31 bits per heavy atom. The van der Waals surface area contributed by atoms with E-state index in [1.54, 1.807) is 24.3 Å². The fourth-order valence-corrected chi connectivity index (χ4v) is 1.43. The summed E-state index contributed by atoms with van der Waals surface area (Å²) in [6.45, 7) is 1.82. The van der Waals surface area contributed by atoms with E-state index >= 15 is 0 Å². The molecule has 0 saturated heterocycles. The molecule has 0 aliphatic carbocycles. The van der Waals surface area contributed by atoms with Crippen LogP contribution in [0.15, 0.2) is 24.3 Å². The summed E-state index contributed by atoms with van der Waals surface area (Å²) in [5.74, 6) is -0.225. The Balaban J connectivity index is 2.55. The molecule has 1 atom stereocenters. The Morgan fingerprint density at radius 1 is 1.62 bits per heavy atom. The molecule has 0 spiro atoms. The summed E-state index contributed by atoms with van der Waals surface area (Å²) in [5.41, 5.74) is 6.11. The van der Waals surface area contributed by atoms with Crippen LogP contribution in [0.25, 0.3) is 0 Å². The van der Waals surface area contributed by atoms with Gasteiger partial charge in [0, 0.05) is 23.0 Å². The normalized spacial score (nSPS) is 11.9. The van der Waals surface area contributed by atoms with Crippen molar-refractivity contribution in [2.75, 3.05) is 5.32 Å². The van der Waals surface area contributed by atoms with Gasteiger partial charge in [-0.3, -0.25) is 4.79 Å². The molecule has 86 valence electrons. The second kappa shape index (κ2) is 5.82. The molecule has 0 radical (unpaired) electrons. The molecular weight excluding hydrogens is 244 g/mol. The van der Waals surface area contributed by atoms with Gasteiger partial charge in [-0.05, 0) is 18.2 Å². The van der Waals surface area contributed by atoms with Gasteiger partial charge >= 0.3 is 0 Å². The highest BCUT2D eigenvalue weighted by molar-refractivity contribution is 7.80. The number of carbonyl (C=O) groups excluding carboxylic acids is 1. The number of benzene rings is 1. The SMILES string of the molecule is CC(CC(=O)Nc1cccc(Cl)c1)C(N)=S. The molecule has 0 heterocycles. The standard InChI is InChI=1S/C11H13ClN2OS/c1-7(11(13)16)5-10(15)14-9-4-2-3-8(12)6-9/h2-4,6-7H,5H2,1H3,(H2,13,16)(H,14,15). The zero-order valence-corrected chi connectivity index (χ0v) is 10.4. The monoisotopic (exact) mass is 256 g/mol. The Bertz CT molecular complexity index is 409. The van der Waals surface area contributed by atoms with Gasteiger partial charge in [-0.1, -0.05) is 36.8 Å². The van der Waals surface area contributed by atoms with Crippen LogP contribution in [-0.2, 0) is 4.79 Å². The van der Waals surface area contributed by atoms with Crippen LogP contribution in [0.1, 0.15) is 13.3 Å². The Morgan fingerprint density at radius 3 is 2.88 bits per heavy atom. The van der Waals surface area contributed by atoms with Gasteiger partial charge in [0.25, 0.3) is 0 Å². The van der Waals surface area contributed by atoms with Crippen molar-refractivity contribution < 1.29 is 4.79 Å². The number of halogens is 1. The van der Waals surface area contributed by atoms with Crippen LogP contribution in [0.3, 0.4) is 0 Å². The van der Waals surface area contributed by atoms with Crippen LogP contribution in [0.5, 0.6) is 0 Å². The second-order valence-electron chi connectivity index (χ2n) is 3.57. The van der Waals surface area contributed by atoms with E-state index in [9.17, 15) is 4.79 Å². The maximum atomic E-state index is 11.6. The molecular formula is C11H13ClN2OS. The van der Waals surface area contributed by atoms with Gasteiger partial charge in [0.05, 0.1) is 4.99 Å². The molecule has 1 amide bonds. The highest BCUT2D eigenvalue weighted by Gasteiger charge is 2.11. The number of hydrogen-bond donors (Lipinski definition) is 2. The zero-order valence-electron chi connectivity index (χ0n) is 8.87. The molecule has 0 aromatic heterocycles. The Hall–Kier alpha value is -1.13. The molecule has 0 fully saturated rings. The third-order valence-electron chi connectivity index (χ3n) is 2.09. The van der Waals surface area contributed by atoms with E-state index < -0.39 is 0 Å². The van der Waals surface area contributed by atoms with E-state index in [0.717, 1.165) is 0 Å². The number of thiocarbonyl (C=S) groups is 1. The number of nitrogens with one attached hydrogen (secondary N) is 1. The summed E-state index contributed by atoms with van der Waals surface area (Å²) in [4.78, 5) is 11.9. The van der Waals surface area contributed by atoms with E-state index in [0.29, 0.717) is 15.7 Å². The predicted molar refractivity (Wildman–Crippen MR) is 70.6 cm³/mol. The van der Waals surface area contributed by atoms with Crippen molar-refractivity contribution in [3.05, 3.63) is 29.3 Å². The molecule has 16 heavy (non-hydrogen) atoms. The van der Waals surface area contributed by atoms with Gasteiger partial charge in [-0.25, -0.2) is 0 Å². The summed E-state index contributed by atoms with van der Waals surface area (Å²) >= 11 is 10.6. The second-order valence-corrected chi connectivity index (χ2v) is 4.47. The third kappa shape index (κ3) is 4.16. The fraction of sp³-hybridized carbons (Fsp3) is 0.273. The lowest BCUT2D eigenvalue weighted by molar-refractivity contribution is -0.116. The quantitative estimate of drug-likeness (QED) is 0.815. The first-order valence-corrected chi connectivity index (χ1v) is 5.62. The molecule has 3 nitrogen and oxygen atoms in total. The van der Waals surface area contributed by atoms with Gasteiger partial charge in [-0.2, -0.15) is 0 Å². The number of carbonyl (C=O) groups is 1. The summed E-state index contributed by atoms with van der Waals surface area (Å²) in [5, 5.41) is 3.31. The van der Waals surface area contributed by atoms with Crippen LogP contribution in [-0.4, -0.2) is 10.9 Å². The summed E-state index contributed by atoms with van der Waals surface area (Å²) < 4.78 is 0. The van der Waals surface area contributed by atoms with Crippen molar-refractivity contribution in [1.29, 1.82) is 0 Å². The van der Waals surface area contributed by atoms with Crippen LogP contribution in [0.2, 0.25) is 5.02 Å². The number of anilines is 1. The smallest absolute Gasteiger partial charge is 0.225 e. The van der Waals surface area contributed by atoms with Crippen LogP contribution >= 0.6 is 23.8 Å². The van der Waals surface area contributed by atoms with E-state index in [1.807, 2.05) is 6.92 Å². The summed E-state index contributed by atoms with van der Waals surface area (Å²) in [6.07, 6.45) is 0.280. The molecule has 1 aromatic carbocycles. The molecule has 3 N–H and O–H groups in total. The maximum Gasteiger partial charge on any atom is 0.225 e. The van der Waals surface area contributed by atoms with Crippen LogP contribution in [0, 0.1) is 5.92 Å². The first-order valence-electron chi connectivity index (χ1n) is 4.84. The zero-order chi connectivity index (χ0) is 12.1. The van der Waals surface area contributed by atoms with Gasteiger partial charge in [0.15, 0.2) is 0 Å². The van der Waals surface area contributed by atoms with E-state index in [2.05, 4.69) is 5.32 Å². The van der Waals surface area contributed by atoms with Crippen molar-refractivity contribution in [2.24, 2.45) is 11.7 Å². The Labute approximate surface area is 105 Å². The lowest BCUT2D eigenvalue weighted by atomic mass is 10.1. The molecule has 0 bridgehead atoms. The number of rotatable bonds is 4. The highest BCUT2D eigenvalue weighted by Crippen LogP contribution is 2.15. The Kier molecular flexibility index (Phi) is 4.71. The van der Waals surface area contributed by atoms with Crippen molar-refractivity contribution in [1.82, 2.24) is 0 Å². The number of hydrogen-bond acceptors (Lipinski definition) is 2. The maximum absolute atomic E-state index is 11.6. The van der Waals surface area contributed by atoms with Crippen molar-refractivity contribution in [3.63, 3.8) is 0 Å². The van der Waals surface area contributed by atoms with Crippen LogP contribution in [0.4, 0.5) is 5.69 Å². The predicted octanol–water partition coefficient (Wildman–Crippen LogP) is 2.59. The largest absolute Gasteiger partial charge is 0.393 e. The molecule has 5 heteroatoms. The molecule has 0 aliphatic heterocycles. The van der Waals surface area contributed by atoms with E-state index in [1.165, 1.54) is 0 Å². The minimum Gasteiger partial charge on any atom is -0.393 e. The van der Waals surface area contributed by atoms with E-state index in [-0.39, 0.29) is 18.2 Å². The lowest BCUT2D eigenvalue weighted by Crippen LogP contribution is -2.24.